The van der Waals surface area contributed by atoms with E-state index in [1.807, 2.05) is 49.6 Å². The van der Waals surface area contributed by atoms with E-state index in [9.17, 15) is 24.5 Å². The first-order valence-electron chi connectivity index (χ1n) is 10.7. The Morgan fingerprint density at radius 1 is 1.06 bits per heavy atom. The Hall–Kier alpha value is -4.27. The summed E-state index contributed by atoms with van der Waals surface area (Å²) in [4.78, 5) is 50.5. The maximum Gasteiger partial charge on any atom is 0.325 e. The minimum Gasteiger partial charge on any atom is -0.319 e. The van der Waals surface area contributed by atoms with E-state index in [-0.39, 0.29) is 17.0 Å². The van der Waals surface area contributed by atoms with Crippen LogP contribution in [0, 0.1) is 30.9 Å². The number of aryl methyl sites for hydroxylation is 2. The van der Waals surface area contributed by atoms with Gasteiger partial charge in [-0.25, -0.2) is 4.79 Å². The fraction of sp³-hybridized carbons (Fsp3) is 0.240. The van der Waals surface area contributed by atoms with E-state index in [1.54, 1.807) is 6.07 Å². The molecular weight excluding hydrogens is 436 g/mol. The van der Waals surface area contributed by atoms with Crippen molar-refractivity contribution in [3.05, 3.63) is 92.8 Å². The number of urea groups is 1. The minimum atomic E-state index is -1.51. The van der Waals surface area contributed by atoms with Crippen LogP contribution in [0.25, 0.3) is 5.69 Å². The number of hydrogen-bond donors (Lipinski definition) is 1. The SMILES string of the molecule is Cc1ccc(-n2c(C)cc(C(=O)CN3C(=O)NC(C)(c4cccc([N+](=O)[O-])c4)C3=O)c2C)cc1. The van der Waals surface area contributed by atoms with Crippen molar-refractivity contribution in [3.8, 4) is 5.69 Å². The molecule has 1 fully saturated rings. The number of carbonyl (C=O) groups excluding carboxylic acids is 3. The van der Waals surface area contributed by atoms with Crippen molar-refractivity contribution in [1.29, 1.82) is 0 Å². The molecule has 2 aromatic carbocycles. The Labute approximate surface area is 196 Å². The van der Waals surface area contributed by atoms with Crippen LogP contribution in [-0.2, 0) is 10.3 Å². The predicted octanol–water partition coefficient (Wildman–Crippen LogP) is 3.96. The van der Waals surface area contributed by atoms with Gasteiger partial charge in [0.1, 0.15) is 5.54 Å². The van der Waals surface area contributed by atoms with Gasteiger partial charge in [0, 0.05) is 34.8 Å². The van der Waals surface area contributed by atoms with Gasteiger partial charge in [-0.2, -0.15) is 0 Å². The standard InChI is InChI=1S/C25H24N4O5/c1-15-8-10-19(11-9-15)28-16(2)12-21(17(28)3)22(30)14-27-23(31)25(4,26-24(27)32)18-6-5-7-20(13-18)29(33)34/h5-13H,14H2,1-4H3,(H,26,32). The molecule has 0 radical (unpaired) electrons. The number of imide groups is 1. The van der Waals surface area contributed by atoms with Crippen LogP contribution in [0.5, 0.6) is 0 Å². The minimum absolute atomic E-state index is 0.196. The number of nitro benzene ring substituents is 1. The van der Waals surface area contributed by atoms with Crippen LogP contribution < -0.4 is 5.32 Å². The molecule has 34 heavy (non-hydrogen) atoms. The van der Waals surface area contributed by atoms with Gasteiger partial charge in [0.05, 0.1) is 11.5 Å². The molecular formula is C25H24N4O5. The summed E-state index contributed by atoms with van der Waals surface area (Å²) in [5.41, 5.74) is 2.57. The second-order valence-corrected chi connectivity index (χ2v) is 8.63. The van der Waals surface area contributed by atoms with Crippen LogP contribution in [0.15, 0.2) is 54.6 Å². The second-order valence-electron chi connectivity index (χ2n) is 8.63. The van der Waals surface area contributed by atoms with Crippen molar-refractivity contribution in [2.24, 2.45) is 0 Å². The number of nitrogens with one attached hydrogen (secondary N) is 1. The zero-order valence-corrected chi connectivity index (χ0v) is 19.3. The number of hydrogen-bond acceptors (Lipinski definition) is 5. The number of aromatic nitrogens is 1. The first-order valence-corrected chi connectivity index (χ1v) is 10.7. The summed E-state index contributed by atoms with van der Waals surface area (Å²) in [6.07, 6.45) is 0. The van der Waals surface area contributed by atoms with Crippen molar-refractivity contribution in [3.63, 3.8) is 0 Å². The molecule has 1 atom stereocenters. The van der Waals surface area contributed by atoms with Gasteiger partial charge in [-0.3, -0.25) is 24.6 Å². The van der Waals surface area contributed by atoms with Gasteiger partial charge in [-0.05, 0) is 51.5 Å². The molecule has 0 bridgehead atoms. The molecule has 1 aliphatic rings. The fourth-order valence-electron chi connectivity index (χ4n) is 4.33. The third-order valence-corrected chi connectivity index (χ3v) is 6.23. The number of carbonyl (C=O) groups is 3. The molecule has 1 saturated heterocycles. The lowest BCUT2D eigenvalue weighted by atomic mass is 9.91. The Kier molecular flexibility index (Phi) is 5.56. The van der Waals surface area contributed by atoms with Crippen LogP contribution in [0.2, 0.25) is 0 Å². The van der Waals surface area contributed by atoms with Crippen molar-refractivity contribution >= 4 is 23.4 Å². The van der Waals surface area contributed by atoms with Gasteiger partial charge in [0.15, 0.2) is 5.78 Å². The number of non-ortho nitro benzene ring substituents is 1. The van der Waals surface area contributed by atoms with Crippen LogP contribution >= 0.6 is 0 Å². The number of Topliss-reactive ketones (excluding diaryl/α,β-unsaturated/α-hetero) is 1. The molecule has 0 spiro atoms. The van der Waals surface area contributed by atoms with Gasteiger partial charge < -0.3 is 9.88 Å². The molecule has 1 aromatic heterocycles. The molecule has 1 aliphatic heterocycles. The smallest absolute Gasteiger partial charge is 0.319 e. The van der Waals surface area contributed by atoms with Crippen LogP contribution in [0.3, 0.4) is 0 Å². The second kappa shape index (κ2) is 8.26. The van der Waals surface area contributed by atoms with Gasteiger partial charge >= 0.3 is 6.03 Å². The first-order chi connectivity index (χ1) is 16.0. The molecule has 1 unspecified atom stereocenters. The van der Waals surface area contributed by atoms with Crippen molar-refractivity contribution in [2.45, 2.75) is 33.2 Å². The van der Waals surface area contributed by atoms with E-state index in [0.717, 1.165) is 21.8 Å². The zero-order chi connectivity index (χ0) is 24.8. The Morgan fingerprint density at radius 2 is 1.74 bits per heavy atom. The summed E-state index contributed by atoms with van der Waals surface area (Å²) in [5, 5.41) is 13.7. The number of rotatable bonds is 6. The fourth-order valence-corrected chi connectivity index (χ4v) is 4.33. The topological polar surface area (TPSA) is 115 Å². The number of benzene rings is 2. The molecule has 1 N–H and O–H groups in total. The van der Waals surface area contributed by atoms with Crippen LogP contribution in [-0.4, -0.2) is 38.7 Å². The zero-order valence-electron chi connectivity index (χ0n) is 19.3. The average molecular weight is 460 g/mol. The summed E-state index contributed by atoms with van der Waals surface area (Å²) in [7, 11) is 0. The highest BCUT2D eigenvalue weighted by Crippen LogP contribution is 2.31. The molecule has 9 heteroatoms. The van der Waals surface area contributed by atoms with Crippen molar-refractivity contribution < 1.29 is 19.3 Å². The Bertz CT molecular complexity index is 1340. The largest absolute Gasteiger partial charge is 0.325 e. The van der Waals surface area contributed by atoms with E-state index in [1.165, 1.54) is 31.2 Å². The number of ketones is 1. The van der Waals surface area contributed by atoms with E-state index in [0.29, 0.717) is 11.3 Å². The maximum atomic E-state index is 13.2. The normalized spacial score (nSPS) is 17.7. The van der Waals surface area contributed by atoms with Gasteiger partial charge in [0.25, 0.3) is 11.6 Å². The number of amides is 3. The Morgan fingerprint density at radius 3 is 2.38 bits per heavy atom. The van der Waals surface area contributed by atoms with Crippen molar-refractivity contribution in [1.82, 2.24) is 14.8 Å². The average Bonchev–Trinajstić information content (AvgIpc) is 3.22. The lowest BCUT2D eigenvalue weighted by Gasteiger charge is -2.22. The third kappa shape index (κ3) is 3.75. The molecule has 4 rings (SSSR count). The summed E-state index contributed by atoms with van der Waals surface area (Å²) >= 11 is 0. The molecule has 2 heterocycles. The van der Waals surface area contributed by atoms with Gasteiger partial charge in [-0.15, -0.1) is 0 Å². The molecule has 0 aliphatic carbocycles. The van der Waals surface area contributed by atoms with Gasteiger partial charge in [0.2, 0.25) is 0 Å². The summed E-state index contributed by atoms with van der Waals surface area (Å²) in [6.45, 7) is 6.73. The highest BCUT2D eigenvalue weighted by Gasteiger charge is 2.50. The summed E-state index contributed by atoms with van der Waals surface area (Å²) in [5.74, 6) is -1.02. The number of nitrogens with zero attached hydrogens (tertiary/aromatic N) is 3. The van der Waals surface area contributed by atoms with E-state index >= 15 is 0 Å². The van der Waals surface area contributed by atoms with Crippen LogP contribution in [0.4, 0.5) is 10.5 Å². The molecule has 3 amide bonds. The monoisotopic (exact) mass is 460 g/mol. The highest BCUT2D eigenvalue weighted by molar-refractivity contribution is 6.11. The quantitative estimate of drug-likeness (QED) is 0.259. The van der Waals surface area contributed by atoms with Gasteiger partial charge in [-0.1, -0.05) is 29.8 Å². The Balaban J connectivity index is 1.61. The number of nitro groups is 1. The highest BCUT2D eigenvalue weighted by atomic mass is 16.6. The predicted molar refractivity (Wildman–Crippen MR) is 125 cm³/mol. The lowest BCUT2D eigenvalue weighted by molar-refractivity contribution is -0.385. The summed E-state index contributed by atoms with van der Waals surface area (Å²) < 4.78 is 1.95. The molecule has 0 saturated carbocycles. The molecule has 174 valence electrons. The molecule has 3 aromatic rings. The van der Waals surface area contributed by atoms with Crippen molar-refractivity contribution in [2.75, 3.05) is 6.54 Å². The van der Waals surface area contributed by atoms with E-state index in [2.05, 4.69) is 5.32 Å². The lowest BCUT2D eigenvalue weighted by Crippen LogP contribution is -2.41. The molecule has 9 nitrogen and oxygen atoms in total. The third-order valence-electron chi connectivity index (χ3n) is 6.23. The van der Waals surface area contributed by atoms with E-state index < -0.39 is 28.9 Å². The summed E-state index contributed by atoms with van der Waals surface area (Å²) in [6, 6.07) is 14.5. The van der Waals surface area contributed by atoms with E-state index in [4.69, 9.17) is 0 Å². The van der Waals surface area contributed by atoms with Crippen LogP contribution in [0.1, 0.15) is 39.8 Å². The first kappa shape index (κ1) is 22.9. The maximum absolute atomic E-state index is 13.2.